The first kappa shape index (κ1) is 7.67. The molecule has 4 saturated carbocycles. The molecule has 0 heterocycles. The van der Waals surface area contributed by atoms with E-state index in [0.717, 1.165) is 11.8 Å². The van der Waals surface area contributed by atoms with Crippen LogP contribution in [0.4, 0.5) is 0 Å². The Bertz CT molecular complexity index is 187. The molecule has 4 fully saturated rings. The van der Waals surface area contributed by atoms with Gasteiger partial charge in [0.05, 0.1) is 0 Å². The zero-order chi connectivity index (χ0) is 8.40. The van der Waals surface area contributed by atoms with Gasteiger partial charge in [0.15, 0.2) is 0 Å². The van der Waals surface area contributed by atoms with E-state index >= 15 is 0 Å². The Morgan fingerprint density at radius 1 is 1.08 bits per heavy atom. The first-order chi connectivity index (χ1) is 5.57. The number of hydrogen-bond donors (Lipinski definition) is 0. The van der Waals surface area contributed by atoms with Gasteiger partial charge in [0.25, 0.3) is 0 Å². The third kappa shape index (κ3) is 0.968. The SMILES string of the molecule is CC12CC3CC(C1)CC(Cl)(C3)C2. The number of alkyl halides is 1. The molecule has 0 aromatic rings. The monoisotopic (exact) mass is 184 g/mol. The van der Waals surface area contributed by atoms with E-state index in [2.05, 4.69) is 6.92 Å². The third-order valence-electron chi connectivity index (χ3n) is 4.28. The van der Waals surface area contributed by atoms with Crippen LogP contribution in [0.25, 0.3) is 0 Å². The van der Waals surface area contributed by atoms with Gasteiger partial charge in [0, 0.05) is 4.87 Å². The van der Waals surface area contributed by atoms with Crippen molar-refractivity contribution >= 4 is 11.6 Å². The van der Waals surface area contributed by atoms with Gasteiger partial charge in [-0.2, -0.15) is 0 Å². The van der Waals surface area contributed by atoms with Crippen LogP contribution in [0.15, 0.2) is 0 Å². The van der Waals surface area contributed by atoms with Gasteiger partial charge >= 0.3 is 0 Å². The lowest BCUT2D eigenvalue weighted by molar-refractivity contribution is -0.0280. The fourth-order valence-corrected chi connectivity index (χ4v) is 5.36. The van der Waals surface area contributed by atoms with E-state index in [4.69, 9.17) is 11.6 Å². The van der Waals surface area contributed by atoms with Gasteiger partial charge in [-0.15, -0.1) is 11.6 Å². The molecule has 2 atom stereocenters. The van der Waals surface area contributed by atoms with Gasteiger partial charge in [-0.3, -0.25) is 0 Å². The Kier molecular flexibility index (Phi) is 1.30. The smallest absolute Gasteiger partial charge is 0.0457 e. The summed E-state index contributed by atoms with van der Waals surface area (Å²) in [5, 5.41) is 0. The van der Waals surface area contributed by atoms with Crippen molar-refractivity contribution in [1.82, 2.24) is 0 Å². The summed E-state index contributed by atoms with van der Waals surface area (Å²) < 4.78 is 0. The van der Waals surface area contributed by atoms with Gasteiger partial charge in [-0.1, -0.05) is 6.92 Å². The summed E-state index contributed by atoms with van der Waals surface area (Å²) in [7, 11) is 0. The minimum atomic E-state index is 0.235. The molecule has 12 heavy (non-hydrogen) atoms. The van der Waals surface area contributed by atoms with E-state index in [9.17, 15) is 0 Å². The number of halogens is 1. The van der Waals surface area contributed by atoms with Crippen LogP contribution in [0.5, 0.6) is 0 Å². The van der Waals surface area contributed by atoms with Crippen molar-refractivity contribution in [2.75, 3.05) is 0 Å². The topological polar surface area (TPSA) is 0 Å². The highest BCUT2D eigenvalue weighted by atomic mass is 35.5. The van der Waals surface area contributed by atoms with Crippen LogP contribution >= 0.6 is 11.6 Å². The molecule has 4 rings (SSSR count). The summed E-state index contributed by atoms with van der Waals surface area (Å²) in [5.41, 5.74) is 0.631. The normalized spacial score (nSPS) is 62.5. The summed E-state index contributed by atoms with van der Waals surface area (Å²) in [6.45, 7) is 2.46. The standard InChI is InChI=1S/C11H17Cl/c1-10-3-8-2-9(4-10)6-11(12,5-8)7-10/h8-9H,2-7H2,1H3. The van der Waals surface area contributed by atoms with Crippen LogP contribution in [0.1, 0.15) is 45.4 Å². The average molecular weight is 185 g/mol. The minimum Gasteiger partial charge on any atom is -0.119 e. The van der Waals surface area contributed by atoms with Gasteiger partial charge < -0.3 is 0 Å². The van der Waals surface area contributed by atoms with E-state index < -0.39 is 0 Å². The average Bonchev–Trinajstić information content (AvgIpc) is 1.75. The molecular weight excluding hydrogens is 168 g/mol. The molecule has 0 saturated heterocycles. The Labute approximate surface area is 79.7 Å². The maximum absolute atomic E-state index is 6.62. The Morgan fingerprint density at radius 3 is 2.08 bits per heavy atom. The molecule has 1 heteroatoms. The molecular formula is C11H17Cl. The first-order valence-corrected chi connectivity index (χ1v) is 5.64. The molecule has 4 bridgehead atoms. The maximum atomic E-state index is 6.62. The van der Waals surface area contributed by atoms with Crippen LogP contribution in [0.3, 0.4) is 0 Å². The fourth-order valence-electron chi connectivity index (χ4n) is 4.60. The van der Waals surface area contributed by atoms with Gasteiger partial charge in [-0.25, -0.2) is 0 Å². The third-order valence-corrected chi connectivity index (χ3v) is 4.72. The van der Waals surface area contributed by atoms with Crippen LogP contribution in [-0.2, 0) is 0 Å². The predicted molar refractivity (Wildman–Crippen MR) is 51.4 cm³/mol. The highest BCUT2D eigenvalue weighted by molar-refractivity contribution is 6.24. The summed E-state index contributed by atoms with van der Waals surface area (Å²) in [6.07, 6.45) is 8.37. The molecule has 0 aromatic carbocycles. The van der Waals surface area contributed by atoms with Crippen LogP contribution < -0.4 is 0 Å². The molecule has 0 radical (unpaired) electrons. The lowest BCUT2D eigenvalue weighted by atomic mass is 9.50. The second-order valence-electron chi connectivity index (χ2n) is 5.92. The van der Waals surface area contributed by atoms with E-state index in [1.165, 1.54) is 38.5 Å². The van der Waals surface area contributed by atoms with Gasteiger partial charge in [0.2, 0.25) is 0 Å². The largest absolute Gasteiger partial charge is 0.119 e. The first-order valence-electron chi connectivity index (χ1n) is 5.26. The summed E-state index contributed by atoms with van der Waals surface area (Å²) in [6, 6.07) is 0. The Balaban J connectivity index is 1.98. The molecule has 4 aliphatic rings. The van der Waals surface area contributed by atoms with Crippen molar-refractivity contribution in [3.05, 3.63) is 0 Å². The van der Waals surface area contributed by atoms with Gasteiger partial charge in [-0.05, 0) is 55.8 Å². The van der Waals surface area contributed by atoms with E-state index in [1.54, 1.807) is 0 Å². The summed E-state index contributed by atoms with van der Waals surface area (Å²) >= 11 is 6.62. The quantitative estimate of drug-likeness (QED) is 0.505. The van der Waals surface area contributed by atoms with Gasteiger partial charge in [0.1, 0.15) is 0 Å². The summed E-state index contributed by atoms with van der Waals surface area (Å²) in [5.74, 6) is 1.96. The van der Waals surface area contributed by atoms with Crippen molar-refractivity contribution in [3.8, 4) is 0 Å². The van der Waals surface area contributed by atoms with Crippen molar-refractivity contribution in [3.63, 3.8) is 0 Å². The molecule has 0 spiro atoms. The van der Waals surface area contributed by atoms with Crippen molar-refractivity contribution in [2.45, 2.75) is 50.3 Å². The number of hydrogen-bond acceptors (Lipinski definition) is 0. The molecule has 0 aromatic heterocycles. The minimum absolute atomic E-state index is 0.235. The second kappa shape index (κ2) is 2.03. The molecule has 0 N–H and O–H groups in total. The van der Waals surface area contributed by atoms with Crippen molar-refractivity contribution in [2.24, 2.45) is 17.3 Å². The van der Waals surface area contributed by atoms with Crippen molar-refractivity contribution < 1.29 is 0 Å². The predicted octanol–water partition coefficient (Wildman–Crippen LogP) is 3.58. The highest BCUT2D eigenvalue weighted by Crippen LogP contribution is 2.63. The lowest BCUT2D eigenvalue weighted by Gasteiger charge is -2.59. The highest BCUT2D eigenvalue weighted by Gasteiger charge is 2.54. The zero-order valence-electron chi connectivity index (χ0n) is 7.78. The van der Waals surface area contributed by atoms with E-state index in [0.29, 0.717) is 5.41 Å². The molecule has 0 aliphatic heterocycles. The van der Waals surface area contributed by atoms with E-state index in [-0.39, 0.29) is 4.87 Å². The molecule has 2 unspecified atom stereocenters. The van der Waals surface area contributed by atoms with Crippen LogP contribution in [0.2, 0.25) is 0 Å². The zero-order valence-corrected chi connectivity index (χ0v) is 8.53. The summed E-state index contributed by atoms with van der Waals surface area (Å²) in [4.78, 5) is 0.235. The Hall–Kier alpha value is 0.290. The maximum Gasteiger partial charge on any atom is 0.0457 e. The van der Waals surface area contributed by atoms with Crippen LogP contribution in [0, 0.1) is 17.3 Å². The molecule has 0 nitrogen and oxygen atoms in total. The molecule has 0 amide bonds. The molecule has 68 valence electrons. The van der Waals surface area contributed by atoms with E-state index in [1.807, 2.05) is 0 Å². The van der Waals surface area contributed by atoms with Crippen LogP contribution in [-0.4, -0.2) is 4.87 Å². The fraction of sp³-hybridized carbons (Fsp3) is 1.00. The lowest BCUT2D eigenvalue weighted by Crippen LogP contribution is -2.51. The Morgan fingerprint density at radius 2 is 1.67 bits per heavy atom. The number of rotatable bonds is 0. The molecule has 4 aliphatic carbocycles. The second-order valence-corrected chi connectivity index (χ2v) is 6.72. The van der Waals surface area contributed by atoms with Crippen molar-refractivity contribution in [1.29, 1.82) is 0 Å².